The maximum atomic E-state index is 4.46. The van der Waals surface area contributed by atoms with E-state index in [4.69, 9.17) is 0 Å². The number of aromatic nitrogens is 3. The van der Waals surface area contributed by atoms with Gasteiger partial charge in [0.1, 0.15) is 0 Å². The zero-order valence-corrected chi connectivity index (χ0v) is 11.1. The number of anilines is 1. The van der Waals surface area contributed by atoms with Gasteiger partial charge in [0.25, 0.3) is 0 Å². The predicted octanol–water partition coefficient (Wildman–Crippen LogP) is 3.27. The summed E-state index contributed by atoms with van der Waals surface area (Å²) < 4.78 is 1.82. The van der Waals surface area contributed by atoms with Crippen LogP contribution in [0.15, 0.2) is 36.5 Å². The minimum absolute atomic E-state index is 0.239. The lowest BCUT2D eigenvalue weighted by Gasteiger charge is -2.12. The molecule has 0 fully saturated rings. The van der Waals surface area contributed by atoms with Crippen LogP contribution in [0.2, 0.25) is 0 Å². The van der Waals surface area contributed by atoms with E-state index in [1.54, 1.807) is 11.3 Å². The molecule has 1 aromatic carbocycles. The molecule has 1 N–H and O–H groups in total. The second kappa shape index (κ2) is 4.42. The molecule has 0 bridgehead atoms. The molecule has 92 valence electrons. The smallest absolute Gasteiger partial charge is 0.214 e. The van der Waals surface area contributed by atoms with Gasteiger partial charge in [0.15, 0.2) is 0 Å². The number of fused-ring (bicyclic) bond motifs is 1. The van der Waals surface area contributed by atoms with Gasteiger partial charge in [-0.05, 0) is 19.4 Å². The van der Waals surface area contributed by atoms with Crippen LogP contribution in [0.25, 0.3) is 4.96 Å². The highest BCUT2D eigenvalue weighted by Gasteiger charge is 2.10. The van der Waals surface area contributed by atoms with Crippen LogP contribution in [0, 0.1) is 6.92 Å². The molecule has 4 nitrogen and oxygen atoms in total. The second-order valence-corrected chi connectivity index (χ2v) is 5.25. The standard InChI is InChI=1S/C13H14N4S/c1-9-8-17-13(14-9)18-12(16-17)15-10(2)11-6-4-3-5-7-11/h3-8,10H,1-2H3,(H,15,16). The summed E-state index contributed by atoms with van der Waals surface area (Å²) in [5.74, 6) is 0. The fourth-order valence-corrected chi connectivity index (χ4v) is 2.79. The van der Waals surface area contributed by atoms with Crippen molar-refractivity contribution in [2.75, 3.05) is 5.32 Å². The van der Waals surface area contributed by atoms with Gasteiger partial charge in [-0.1, -0.05) is 41.7 Å². The van der Waals surface area contributed by atoms with Gasteiger partial charge >= 0.3 is 0 Å². The van der Waals surface area contributed by atoms with Crippen molar-refractivity contribution in [2.24, 2.45) is 0 Å². The number of nitrogens with zero attached hydrogens (tertiary/aromatic N) is 3. The molecular weight excluding hydrogens is 244 g/mol. The summed E-state index contributed by atoms with van der Waals surface area (Å²) in [6.07, 6.45) is 1.93. The Kier molecular flexibility index (Phi) is 2.76. The summed E-state index contributed by atoms with van der Waals surface area (Å²) in [5, 5.41) is 8.76. The predicted molar refractivity (Wildman–Crippen MR) is 74.1 cm³/mol. The Morgan fingerprint density at radius 2 is 2.06 bits per heavy atom. The Morgan fingerprint density at radius 3 is 2.78 bits per heavy atom. The number of benzene rings is 1. The lowest BCUT2D eigenvalue weighted by molar-refractivity contribution is 0.863. The number of nitrogens with one attached hydrogen (secondary N) is 1. The Bertz CT molecular complexity index is 624. The third-order valence-corrected chi connectivity index (χ3v) is 3.66. The zero-order valence-electron chi connectivity index (χ0n) is 10.3. The van der Waals surface area contributed by atoms with Gasteiger partial charge in [-0.15, -0.1) is 5.10 Å². The monoisotopic (exact) mass is 258 g/mol. The first-order valence-corrected chi connectivity index (χ1v) is 6.68. The minimum atomic E-state index is 0.239. The second-order valence-electron chi connectivity index (χ2n) is 4.29. The number of aryl methyl sites for hydroxylation is 1. The van der Waals surface area contributed by atoms with Crippen LogP contribution in [0.5, 0.6) is 0 Å². The summed E-state index contributed by atoms with van der Waals surface area (Å²) in [6.45, 7) is 4.10. The molecule has 5 heteroatoms. The molecule has 0 amide bonds. The van der Waals surface area contributed by atoms with E-state index in [0.29, 0.717) is 0 Å². The van der Waals surface area contributed by atoms with Crippen molar-refractivity contribution in [3.8, 4) is 0 Å². The Labute approximate surface area is 109 Å². The van der Waals surface area contributed by atoms with E-state index in [1.165, 1.54) is 5.56 Å². The maximum absolute atomic E-state index is 4.46. The van der Waals surface area contributed by atoms with Crippen molar-refractivity contribution in [3.05, 3.63) is 47.8 Å². The largest absolute Gasteiger partial charge is 0.354 e. The summed E-state index contributed by atoms with van der Waals surface area (Å²) in [7, 11) is 0. The molecule has 0 aliphatic heterocycles. The van der Waals surface area contributed by atoms with Gasteiger partial charge in [0.2, 0.25) is 10.1 Å². The fourth-order valence-electron chi connectivity index (χ4n) is 1.88. The van der Waals surface area contributed by atoms with E-state index >= 15 is 0 Å². The van der Waals surface area contributed by atoms with Crippen molar-refractivity contribution < 1.29 is 0 Å². The van der Waals surface area contributed by atoms with E-state index < -0.39 is 0 Å². The van der Waals surface area contributed by atoms with Gasteiger partial charge in [0, 0.05) is 0 Å². The minimum Gasteiger partial charge on any atom is -0.354 e. The van der Waals surface area contributed by atoms with Crippen LogP contribution >= 0.6 is 11.3 Å². The van der Waals surface area contributed by atoms with Crippen LogP contribution in [0.4, 0.5) is 5.13 Å². The highest BCUT2D eigenvalue weighted by Crippen LogP contribution is 2.23. The summed E-state index contributed by atoms with van der Waals surface area (Å²) in [6, 6.07) is 10.6. The quantitative estimate of drug-likeness (QED) is 0.784. The molecule has 0 spiro atoms. The van der Waals surface area contributed by atoms with Gasteiger partial charge in [-0.2, -0.15) is 0 Å². The van der Waals surface area contributed by atoms with E-state index in [-0.39, 0.29) is 6.04 Å². The molecule has 0 saturated carbocycles. The molecule has 1 unspecified atom stereocenters. The molecule has 0 aliphatic carbocycles. The molecule has 1 atom stereocenters. The van der Waals surface area contributed by atoms with E-state index in [9.17, 15) is 0 Å². The summed E-state index contributed by atoms with van der Waals surface area (Å²) >= 11 is 1.57. The number of imidazole rings is 1. The highest BCUT2D eigenvalue weighted by atomic mass is 32.1. The lowest BCUT2D eigenvalue weighted by Crippen LogP contribution is -2.06. The van der Waals surface area contributed by atoms with Gasteiger partial charge in [0.05, 0.1) is 17.9 Å². The Morgan fingerprint density at radius 1 is 1.28 bits per heavy atom. The van der Waals surface area contributed by atoms with Gasteiger partial charge in [-0.3, -0.25) is 0 Å². The highest BCUT2D eigenvalue weighted by molar-refractivity contribution is 7.20. The first kappa shape index (κ1) is 11.2. The average Bonchev–Trinajstić information content (AvgIpc) is 2.86. The van der Waals surface area contributed by atoms with Crippen molar-refractivity contribution in [2.45, 2.75) is 19.9 Å². The molecule has 2 heterocycles. The topological polar surface area (TPSA) is 42.2 Å². The molecule has 2 aromatic heterocycles. The Hall–Kier alpha value is -1.88. The van der Waals surface area contributed by atoms with Crippen LogP contribution in [-0.2, 0) is 0 Å². The van der Waals surface area contributed by atoms with Crippen molar-refractivity contribution in [3.63, 3.8) is 0 Å². The Balaban J connectivity index is 1.81. The first-order chi connectivity index (χ1) is 8.72. The fraction of sp³-hybridized carbons (Fsp3) is 0.231. The number of hydrogen-bond donors (Lipinski definition) is 1. The van der Waals surface area contributed by atoms with E-state index in [2.05, 4.69) is 34.5 Å². The SMILES string of the molecule is Cc1cn2nc(NC(C)c3ccccc3)sc2n1. The van der Waals surface area contributed by atoms with Crippen LogP contribution in [0.3, 0.4) is 0 Å². The lowest BCUT2D eigenvalue weighted by atomic mass is 10.1. The molecular formula is C13H14N4S. The van der Waals surface area contributed by atoms with Crippen molar-refractivity contribution >= 4 is 21.4 Å². The molecule has 3 aromatic rings. The molecule has 0 saturated heterocycles. The summed E-state index contributed by atoms with van der Waals surface area (Å²) in [4.78, 5) is 5.32. The summed E-state index contributed by atoms with van der Waals surface area (Å²) in [5.41, 5.74) is 2.25. The van der Waals surface area contributed by atoms with Crippen LogP contribution in [0.1, 0.15) is 24.2 Å². The average molecular weight is 258 g/mol. The first-order valence-electron chi connectivity index (χ1n) is 5.86. The zero-order chi connectivity index (χ0) is 12.5. The number of hydrogen-bond acceptors (Lipinski definition) is 4. The van der Waals surface area contributed by atoms with Crippen molar-refractivity contribution in [1.29, 1.82) is 0 Å². The molecule has 0 aliphatic rings. The van der Waals surface area contributed by atoms with E-state index in [1.807, 2.05) is 35.8 Å². The number of rotatable bonds is 3. The van der Waals surface area contributed by atoms with Crippen LogP contribution in [-0.4, -0.2) is 14.6 Å². The third-order valence-electron chi connectivity index (χ3n) is 2.80. The normalized spacial score (nSPS) is 12.8. The molecule has 0 radical (unpaired) electrons. The molecule has 18 heavy (non-hydrogen) atoms. The molecule has 3 rings (SSSR count). The maximum Gasteiger partial charge on any atom is 0.214 e. The van der Waals surface area contributed by atoms with Gasteiger partial charge < -0.3 is 5.32 Å². The van der Waals surface area contributed by atoms with Crippen molar-refractivity contribution in [1.82, 2.24) is 14.6 Å². The third kappa shape index (κ3) is 2.09. The van der Waals surface area contributed by atoms with E-state index in [0.717, 1.165) is 15.8 Å². The van der Waals surface area contributed by atoms with Crippen LogP contribution < -0.4 is 5.32 Å². The van der Waals surface area contributed by atoms with Gasteiger partial charge in [-0.25, -0.2) is 9.50 Å².